The fourth-order valence-electron chi connectivity index (χ4n) is 2.94. The molecule has 138 valence electrons. The zero-order chi connectivity index (χ0) is 17.0. The predicted molar refractivity (Wildman–Crippen MR) is 101 cm³/mol. The van der Waals surface area contributed by atoms with Crippen LogP contribution in [0.3, 0.4) is 0 Å². The first-order valence-corrected chi connectivity index (χ1v) is 10.1. The molecule has 0 bridgehead atoms. The molecule has 0 fully saturated rings. The lowest BCUT2D eigenvalue weighted by Crippen LogP contribution is -2.03. The van der Waals surface area contributed by atoms with Crippen molar-refractivity contribution in [2.45, 2.75) is 116 Å². The number of unbranched alkanes of at least 4 members (excludes halogenated alkanes) is 14. The molecule has 3 heteroatoms. The third-order valence-corrected chi connectivity index (χ3v) is 4.43. The fraction of sp³-hybridized carbons (Fsp3) is 0.950. The van der Waals surface area contributed by atoms with Crippen LogP contribution in [0.2, 0.25) is 0 Å². The molecule has 0 aliphatic carbocycles. The van der Waals surface area contributed by atoms with E-state index in [4.69, 9.17) is 5.11 Å². The lowest BCUT2D eigenvalue weighted by molar-refractivity contribution is 0.170. The van der Waals surface area contributed by atoms with Crippen LogP contribution in [-0.2, 0) is 0 Å². The molecule has 0 aromatic heterocycles. The van der Waals surface area contributed by atoms with Crippen molar-refractivity contribution >= 4 is 6.21 Å². The van der Waals surface area contributed by atoms with Crippen molar-refractivity contribution in [3.05, 3.63) is 0 Å². The van der Waals surface area contributed by atoms with E-state index in [1.54, 1.807) is 0 Å². The molecule has 0 saturated carbocycles. The highest BCUT2D eigenvalue weighted by molar-refractivity contribution is 5.58. The van der Waals surface area contributed by atoms with Crippen molar-refractivity contribution in [1.29, 1.82) is 0 Å². The Morgan fingerprint density at radius 3 is 1.48 bits per heavy atom. The van der Waals surface area contributed by atoms with E-state index >= 15 is 0 Å². The maximum Gasteiger partial charge on any atom is 0.144 e. The van der Waals surface area contributed by atoms with E-state index in [1.807, 2.05) is 0 Å². The monoisotopic (exact) mass is 327 g/mol. The molecule has 0 radical (unpaired) electrons. The van der Waals surface area contributed by atoms with Crippen LogP contribution in [0.1, 0.15) is 110 Å². The molecule has 0 amide bonds. The zero-order valence-corrected chi connectivity index (χ0v) is 15.5. The zero-order valence-electron chi connectivity index (χ0n) is 15.5. The summed E-state index contributed by atoms with van der Waals surface area (Å²) in [6.45, 7) is 2.19. The first-order chi connectivity index (χ1) is 11.3. The Kier molecular flexibility index (Phi) is 19.3. The van der Waals surface area contributed by atoms with E-state index in [2.05, 4.69) is 11.9 Å². The largest absolute Gasteiger partial charge is 0.391 e. The van der Waals surface area contributed by atoms with Crippen LogP contribution in [0.25, 0.3) is 0 Å². The molecule has 23 heavy (non-hydrogen) atoms. The van der Waals surface area contributed by atoms with Gasteiger partial charge in [0.15, 0.2) is 0 Å². The first-order valence-electron chi connectivity index (χ1n) is 10.1. The van der Waals surface area contributed by atoms with E-state index < -0.39 is 6.23 Å². The number of nitrogens with zero attached hydrogens (tertiary/aromatic N) is 1. The molecule has 0 rings (SSSR count). The summed E-state index contributed by atoms with van der Waals surface area (Å²) < 4.78 is 0. The van der Waals surface area contributed by atoms with E-state index in [9.17, 15) is 5.11 Å². The van der Waals surface area contributed by atoms with Crippen molar-refractivity contribution in [1.82, 2.24) is 0 Å². The van der Waals surface area contributed by atoms with Gasteiger partial charge >= 0.3 is 0 Å². The van der Waals surface area contributed by atoms with E-state index in [0.29, 0.717) is 0 Å². The Labute approximate surface area is 144 Å². The van der Waals surface area contributed by atoms with Crippen LogP contribution in [0.4, 0.5) is 0 Å². The van der Waals surface area contributed by atoms with Crippen molar-refractivity contribution < 1.29 is 10.2 Å². The SMILES string of the molecule is CCCCCCCCCCCCCCCCCC(O)N=CCO. The Hall–Kier alpha value is -0.410. The van der Waals surface area contributed by atoms with Crippen molar-refractivity contribution in [3.63, 3.8) is 0 Å². The highest BCUT2D eigenvalue weighted by Gasteiger charge is 1.99. The second-order valence-corrected chi connectivity index (χ2v) is 6.73. The van der Waals surface area contributed by atoms with Crippen LogP contribution < -0.4 is 0 Å². The van der Waals surface area contributed by atoms with Gasteiger partial charge in [-0.3, -0.25) is 4.99 Å². The van der Waals surface area contributed by atoms with Gasteiger partial charge < -0.3 is 10.2 Å². The highest BCUT2D eigenvalue weighted by atomic mass is 16.3. The Balaban J connectivity index is 3.06. The van der Waals surface area contributed by atoms with Gasteiger partial charge in [0.2, 0.25) is 0 Å². The minimum absolute atomic E-state index is 0.0874. The predicted octanol–water partition coefficient (Wildman–Crippen LogP) is 5.63. The van der Waals surface area contributed by atoms with Crippen LogP contribution in [0.5, 0.6) is 0 Å². The van der Waals surface area contributed by atoms with Crippen LogP contribution >= 0.6 is 0 Å². The molecule has 0 aliphatic rings. The Morgan fingerprint density at radius 1 is 0.696 bits per heavy atom. The molecule has 1 unspecified atom stereocenters. The van der Waals surface area contributed by atoms with Gasteiger partial charge in [-0.15, -0.1) is 0 Å². The second kappa shape index (κ2) is 19.6. The molecule has 0 heterocycles. The van der Waals surface area contributed by atoms with Crippen molar-refractivity contribution in [2.75, 3.05) is 6.61 Å². The summed E-state index contributed by atoms with van der Waals surface area (Å²) in [5, 5.41) is 18.0. The van der Waals surface area contributed by atoms with Crippen LogP contribution in [0.15, 0.2) is 4.99 Å². The van der Waals surface area contributed by atoms with Gasteiger partial charge in [-0.25, -0.2) is 0 Å². The number of rotatable bonds is 18. The second-order valence-electron chi connectivity index (χ2n) is 6.73. The molecule has 0 aliphatic heterocycles. The number of aliphatic imine (C=N–C) groups is 1. The lowest BCUT2D eigenvalue weighted by Gasteiger charge is -2.05. The Bertz CT molecular complexity index is 244. The van der Waals surface area contributed by atoms with Gasteiger partial charge in [0.1, 0.15) is 6.23 Å². The summed E-state index contributed by atoms with van der Waals surface area (Å²) in [5.74, 6) is 0. The highest BCUT2D eigenvalue weighted by Crippen LogP contribution is 2.14. The molecule has 3 nitrogen and oxygen atoms in total. The maximum absolute atomic E-state index is 9.48. The normalized spacial score (nSPS) is 13.0. The maximum atomic E-state index is 9.48. The van der Waals surface area contributed by atoms with Gasteiger partial charge in [-0.2, -0.15) is 0 Å². The fourth-order valence-corrected chi connectivity index (χ4v) is 2.94. The number of hydrogen-bond acceptors (Lipinski definition) is 3. The van der Waals surface area contributed by atoms with Gasteiger partial charge in [0.05, 0.1) is 6.61 Å². The summed E-state index contributed by atoms with van der Waals surface area (Å²) in [6.07, 6.45) is 21.8. The number of aliphatic hydroxyl groups is 2. The van der Waals surface area contributed by atoms with Gasteiger partial charge in [-0.1, -0.05) is 96.8 Å². The molecular weight excluding hydrogens is 286 g/mol. The summed E-state index contributed by atoms with van der Waals surface area (Å²) in [4.78, 5) is 3.83. The standard InChI is InChI=1S/C20H41NO2/c1-2-3-4-5-6-7-8-9-10-11-12-13-14-15-16-17-20(23)21-18-19-22/h18,20,22-23H,2-17,19H2,1H3. The number of aliphatic hydroxyl groups excluding tert-OH is 2. The molecule has 0 aromatic carbocycles. The van der Waals surface area contributed by atoms with Crippen LogP contribution in [0, 0.1) is 0 Å². The third-order valence-electron chi connectivity index (χ3n) is 4.43. The summed E-state index contributed by atoms with van der Waals surface area (Å²) in [5.41, 5.74) is 0. The van der Waals surface area contributed by atoms with Gasteiger partial charge in [0.25, 0.3) is 0 Å². The molecule has 1 atom stereocenters. The topological polar surface area (TPSA) is 52.8 Å². The van der Waals surface area contributed by atoms with E-state index in [1.165, 1.54) is 96.1 Å². The number of hydrogen-bond donors (Lipinski definition) is 2. The Morgan fingerprint density at radius 2 is 1.09 bits per heavy atom. The molecular formula is C20H41NO2. The lowest BCUT2D eigenvalue weighted by atomic mass is 10.0. The average Bonchev–Trinajstić information content (AvgIpc) is 2.56. The van der Waals surface area contributed by atoms with Gasteiger partial charge in [0, 0.05) is 6.21 Å². The van der Waals surface area contributed by atoms with Gasteiger partial charge in [-0.05, 0) is 12.8 Å². The molecule has 0 spiro atoms. The first kappa shape index (κ1) is 22.6. The minimum Gasteiger partial charge on any atom is -0.391 e. The smallest absolute Gasteiger partial charge is 0.144 e. The summed E-state index contributed by atoms with van der Waals surface area (Å²) >= 11 is 0. The quantitative estimate of drug-likeness (QED) is 0.253. The van der Waals surface area contributed by atoms with Crippen LogP contribution in [-0.4, -0.2) is 29.3 Å². The summed E-state index contributed by atoms with van der Waals surface area (Å²) in [6, 6.07) is 0. The van der Waals surface area contributed by atoms with Crippen molar-refractivity contribution in [2.24, 2.45) is 4.99 Å². The molecule has 0 aromatic rings. The minimum atomic E-state index is -0.621. The third kappa shape index (κ3) is 19.5. The van der Waals surface area contributed by atoms with Crippen molar-refractivity contribution in [3.8, 4) is 0 Å². The molecule has 0 saturated heterocycles. The van der Waals surface area contributed by atoms with E-state index in [0.717, 1.165) is 12.8 Å². The molecule has 2 N–H and O–H groups in total. The van der Waals surface area contributed by atoms with E-state index in [-0.39, 0.29) is 6.61 Å². The summed E-state index contributed by atoms with van der Waals surface area (Å²) in [7, 11) is 0. The average molecular weight is 328 g/mol.